The lowest BCUT2D eigenvalue weighted by atomic mass is 9.58. The van der Waals surface area contributed by atoms with Crippen LogP contribution in [0.2, 0.25) is 10.0 Å². The van der Waals surface area contributed by atoms with Crippen LogP contribution in [0.1, 0.15) is 63.4 Å². The van der Waals surface area contributed by atoms with E-state index in [-0.39, 0.29) is 5.41 Å². The van der Waals surface area contributed by atoms with E-state index in [1.54, 1.807) is 0 Å². The molecule has 2 saturated carbocycles. The van der Waals surface area contributed by atoms with E-state index in [2.05, 4.69) is 11.2 Å². The number of halogens is 2. The average molecular weight is 349 g/mol. The minimum Gasteiger partial charge on any atom is -0.159 e. The van der Waals surface area contributed by atoms with E-state index in [4.69, 9.17) is 28.3 Å². The zero-order chi connectivity index (χ0) is 15.9. The van der Waals surface area contributed by atoms with Gasteiger partial charge in [-0.1, -0.05) is 55.0 Å². The van der Waals surface area contributed by atoms with Gasteiger partial charge in [-0.15, -0.1) is 0 Å². The van der Waals surface area contributed by atoms with E-state index in [1.807, 2.05) is 12.1 Å². The maximum Gasteiger partial charge on any atom is 0.0599 e. The van der Waals surface area contributed by atoms with Crippen LogP contribution in [-0.4, -0.2) is 11.4 Å². The van der Waals surface area contributed by atoms with Gasteiger partial charge in [0.2, 0.25) is 0 Å². The first kappa shape index (κ1) is 15.7. The maximum absolute atomic E-state index is 6.56. The Morgan fingerprint density at radius 3 is 2.52 bits per heavy atom. The largest absolute Gasteiger partial charge is 0.159 e. The van der Waals surface area contributed by atoms with Crippen LogP contribution in [0.5, 0.6) is 0 Å². The topological polar surface area (TPSA) is 24.7 Å². The van der Waals surface area contributed by atoms with Crippen molar-refractivity contribution in [2.45, 2.75) is 63.2 Å². The zero-order valence-corrected chi connectivity index (χ0v) is 14.8. The van der Waals surface area contributed by atoms with Crippen molar-refractivity contribution in [3.05, 3.63) is 33.8 Å². The third-order valence-corrected chi connectivity index (χ3v) is 6.39. The molecule has 2 aliphatic carbocycles. The summed E-state index contributed by atoms with van der Waals surface area (Å²) in [5.74, 6) is 0.447. The van der Waals surface area contributed by atoms with Gasteiger partial charge >= 0.3 is 0 Å². The normalized spacial score (nSPS) is 26.4. The first-order valence-corrected chi connectivity index (χ1v) is 9.57. The highest BCUT2D eigenvalue weighted by molar-refractivity contribution is 6.35. The summed E-state index contributed by atoms with van der Waals surface area (Å²) in [5, 5.41) is 10.8. The van der Waals surface area contributed by atoms with Crippen LogP contribution in [-0.2, 0) is 5.41 Å². The van der Waals surface area contributed by atoms with E-state index in [9.17, 15) is 0 Å². The Morgan fingerprint density at radius 1 is 0.957 bits per heavy atom. The molecule has 3 aliphatic rings. The lowest BCUT2D eigenvalue weighted by Crippen LogP contribution is -2.46. The molecule has 0 saturated heterocycles. The molecule has 0 amide bonds. The second-order valence-corrected chi connectivity index (χ2v) is 7.99. The third kappa shape index (κ3) is 2.64. The molecule has 2 fully saturated rings. The van der Waals surface area contributed by atoms with Crippen molar-refractivity contribution in [1.82, 2.24) is 0 Å². The Hall–Kier alpha value is -0.860. The molecule has 1 aromatic rings. The van der Waals surface area contributed by atoms with Gasteiger partial charge in [0, 0.05) is 27.1 Å². The first-order chi connectivity index (χ1) is 11.2. The minimum absolute atomic E-state index is 0.00319. The summed E-state index contributed by atoms with van der Waals surface area (Å²) < 4.78 is 0. The number of rotatable bonds is 2. The van der Waals surface area contributed by atoms with Crippen molar-refractivity contribution < 1.29 is 0 Å². The Bertz CT molecular complexity index is 674. The van der Waals surface area contributed by atoms with Crippen molar-refractivity contribution >= 4 is 34.6 Å². The molecule has 1 heterocycles. The quantitative estimate of drug-likeness (QED) is 0.608. The van der Waals surface area contributed by atoms with Crippen molar-refractivity contribution in [1.29, 1.82) is 0 Å². The summed E-state index contributed by atoms with van der Waals surface area (Å²) in [6.07, 6.45) is 11.0. The van der Waals surface area contributed by atoms with Gasteiger partial charge in [-0.3, -0.25) is 0 Å². The highest BCUT2D eigenvalue weighted by atomic mass is 35.5. The van der Waals surface area contributed by atoms with Crippen LogP contribution in [0.25, 0.3) is 0 Å². The molecular weight excluding hydrogens is 327 g/mol. The number of benzene rings is 1. The van der Waals surface area contributed by atoms with E-state index in [0.717, 1.165) is 24.3 Å². The van der Waals surface area contributed by atoms with E-state index >= 15 is 0 Å². The van der Waals surface area contributed by atoms with Gasteiger partial charge in [-0.25, -0.2) is 0 Å². The van der Waals surface area contributed by atoms with Crippen LogP contribution >= 0.6 is 23.2 Å². The minimum atomic E-state index is -0.00319. The second kappa shape index (κ2) is 6.22. The second-order valence-electron chi connectivity index (χ2n) is 7.14. The molecule has 2 nitrogen and oxygen atoms in total. The molecule has 1 aliphatic heterocycles. The molecule has 1 unspecified atom stereocenters. The van der Waals surface area contributed by atoms with Crippen LogP contribution in [0.4, 0.5) is 0 Å². The number of fused-ring (bicyclic) bond motifs is 1. The van der Waals surface area contributed by atoms with Gasteiger partial charge in [0.1, 0.15) is 0 Å². The Morgan fingerprint density at radius 2 is 1.78 bits per heavy atom. The Balaban J connectivity index is 1.70. The molecule has 1 aromatic carbocycles. The molecule has 0 spiro atoms. The summed E-state index contributed by atoms with van der Waals surface area (Å²) in [6, 6.07) is 5.93. The average Bonchev–Trinajstić information content (AvgIpc) is 2.82. The number of nitrogens with zero attached hydrogens (tertiary/aromatic N) is 2. The lowest BCUT2D eigenvalue weighted by molar-refractivity contribution is 0.331. The monoisotopic (exact) mass is 348 g/mol. The fourth-order valence-electron chi connectivity index (χ4n) is 4.45. The van der Waals surface area contributed by atoms with Crippen molar-refractivity contribution in [3.63, 3.8) is 0 Å². The van der Waals surface area contributed by atoms with Gasteiger partial charge < -0.3 is 0 Å². The number of hydrogen-bond acceptors (Lipinski definition) is 2. The Labute approximate surface area is 148 Å². The predicted molar refractivity (Wildman–Crippen MR) is 98.1 cm³/mol. The van der Waals surface area contributed by atoms with Gasteiger partial charge in [-0.05, 0) is 49.8 Å². The van der Waals surface area contributed by atoms with Crippen LogP contribution < -0.4 is 0 Å². The number of hydrogen-bond donors (Lipinski definition) is 0. The third-order valence-electron chi connectivity index (χ3n) is 5.84. The van der Waals surface area contributed by atoms with Crippen molar-refractivity contribution in [3.8, 4) is 0 Å². The van der Waals surface area contributed by atoms with Gasteiger partial charge in [0.05, 0.1) is 5.71 Å². The lowest BCUT2D eigenvalue weighted by Gasteiger charge is -2.45. The molecule has 0 radical (unpaired) electrons. The summed E-state index contributed by atoms with van der Waals surface area (Å²) in [7, 11) is 0. The van der Waals surface area contributed by atoms with Gasteiger partial charge in [0.25, 0.3) is 0 Å². The smallest absolute Gasteiger partial charge is 0.0599 e. The van der Waals surface area contributed by atoms with E-state index in [0.29, 0.717) is 10.9 Å². The van der Waals surface area contributed by atoms with Gasteiger partial charge in [0.15, 0.2) is 0 Å². The summed E-state index contributed by atoms with van der Waals surface area (Å²) in [4.78, 5) is 0. The molecule has 4 rings (SSSR count). The SMILES string of the molecule is Clc1ccc(C2(C3=NN=C4CCCCCCC43)CCC2)c(Cl)c1. The summed E-state index contributed by atoms with van der Waals surface area (Å²) in [5.41, 5.74) is 3.80. The molecule has 122 valence electrons. The molecule has 1 atom stereocenters. The highest BCUT2D eigenvalue weighted by Gasteiger charge is 2.49. The highest BCUT2D eigenvalue weighted by Crippen LogP contribution is 2.51. The fraction of sp³-hybridized carbons (Fsp3) is 0.579. The summed E-state index contributed by atoms with van der Waals surface area (Å²) in [6.45, 7) is 0. The summed E-state index contributed by atoms with van der Waals surface area (Å²) >= 11 is 12.7. The van der Waals surface area contributed by atoms with E-state index < -0.39 is 0 Å². The molecule has 4 heteroatoms. The van der Waals surface area contributed by atoms with Crippen molar-refractivity contribution in [2.24, 2.45) is 16.1 Å². The molecule has 0 bridgehead atoms. The van der Waals surface area contributed by atoms with Crippen LogP contribution in [0, 0.1) is 5.92 Å². The predicted octanol–water partition coefficient (Wildman–Crippen LogP) is 6.20. The fourth-order valence-corrected chi connectivity index (χ4v) is 5.04. The van der Waals surface area contributed by atoms with Crippen LogP contribution in [0.15, 0.2) is 28.4 Å². The van der Waals surface area contributed by atoms with E-state index in [1.165, 1.54) is 55.5 Å². The molecule has 23 heavy (non-hydrogen) atoms. The molecule has 0 aromatic heterocycles. The van der Waals surface area contributed by atoms with Gasteiger partial charge in [-0.2, -0.15) is 10.2 Å². The molecular formula is C19H22Cl2N2. The Kier molecular flexibility index (Phi) is 4.23. The van der Waals surface area contributed by atoms with Crippen molar-refractivity contribution in [2.75, 3.05) is 0 Å². The standard InChI is InChI=1S/C19H22Cl2N2/c20-13-8-9-15(16(21)12-13)19(10-5-11-19)18-14-6-3-1-2-4-7-17(14)22-23-18/h8-9,12,14H,1-7,10-11H2. The first-order valence-electron chi connectivity index (χ1n) is 8.81. The molecule has 0 N–H and O–H groups in total. The maximum atomic E-state index is 6.56. The zero-order valence-electron chi connectivity index (χ0n) is 13.3. The van der Waals surface area contributed by atoms with Crippen LogP contribution in [0.3, 0.4) is 0 Å².